The van der Waals surface area contributed by atoms with Crippen LogP contribution in [0.4, 0.5) is 23.5 Å². The van der Waals surface area contributed by atoms with Crippen molar-refractivity contribution in [1.29, 1.82) is 0 Å². The first-order valence-electron chi connectivity index (χ1n) is 19.4. The van der Waals surface area contributed by atoms with Crippen LogP contribution in [0.2, 0.25) is 0 Å². The fraction of sp³-hybridized carbons (Fsp3) is 0.325. The summed E-state index contributed by atoms with van der Waals surface area (Å²) in [6.07, 6.45) is 3.08. The van der Waals surface area contributed by atoms with Crippen LogP contribution < -0.4 is 32.0 Å². The van der Waals surface area contributed by atoms with E-state index in [4.69, 9.17) is 35.6 Å². The molecule has 4 aliphatic rings. The van der Waals surface area contributed by atoms with Gasteiger partial charge in [-0.1, -0.05) is 11.3 Å². The van der Waals surface area contributed by atoms with Crippen LogP contribution >= 0.6 is 0 Å². The van der Waals surface area contributed by atoms with Crippen LogP contribution in [0.3, 0.4) is 0 Å². The van der Waals surface area contributed by atoms with Crippen molar-refractivity contribution >= 4 is 52.3 Å². The molecule has 0 bridgehead atoms. The van der Waals surface area contributed by atoms with Gasteiger partial charge in [-0.25, -0.2) is 9.48 Å². The van der Waals surface area contributed by atoms with Gasteiger partial charge in [-0.15, -0.1) is 5.10 Å². The lowest BCUT2D eigenvalue weighted by Crippen LogP contribution is -2.51. The number of phenolic OH excluding ortho intramolecular Hbond substituents is 1. The van der Waals surface area contributed by atoms with Crippen LogP contribution in [-0.4, -0.2) is 122 Å². The number of ether oxygens (including phenoxy) is 1. The highest BCUT2D eigenvalue weighted by molar-refractivity contribution is 6.08. The molecule has 5 heterocycles. The summed E-state index contributed by atoms with van der Waals surface area (Å²) in [5, 5.41) is 32.9. The van der Waals surface area contributed by atoms with Gasteiger partial charge in [-0.3, -0.25) is 14.6 Å². The third-order valence-electron chi connectivity index (χ3n) is 10.4. The van der Waals surface area contributed by atoms with Gasteiger partial charge < -0.3 is 50.9 Å². The molecule has 0 radical (unpaired) electrons. The fourth-order valence-electron chi connectivity index (χ4n) is 7.34. The molecular formula is C40H43N13O7. The Morgan fingerprint density at radius 3 is 2.38 bits per heavy atom. The molecule has 8 rings (SSSR count). The number of phenols is 1. The van der Waals surface area contributed by atoms with E-state index in [0.717, 1.165) is 5.69 Å². The van der Waals surface area contributed by atoms with Crippen LogP contribution in [0.15, 0.2) is 75.0 Å². The Hall–Kier alpha value is -7.35. The van der Waals surface area contributed by atoms with Crippen LogP contribution in [0.1, 0.15) is 35.4 Å². The monoisotopic (exact) mass is 817 g/mol. The quantitative estimate of drug-likeness (QED) is 0.0514. The van der Waals surface area contributed by atoms with Crippen molar-refractivity contribution < 1.29 is 29.0 Å². The first-order chi connectivity index (χ1) is 29.0. The maximum absolute atomic E-state index is 13.6. The van der Waals surface area contributed by atoms with Gasteiger partial charge in [0.2, 0.25) is 23.8 Å². The number of aromatic nitrogens is 6. The van der Waals surface area contributed by atoms with Crippen molar-refractivity contribution in [3.05, 3.63) is 82.3 Å². The summed E-state index contributed by atoms with van der Waals surface area (Å²) in [6.45, 7) is 6.14. The van der Waals surface area contributed by atoms with E-state index in [2.05, 4.69) is 20.6 Å². The molecule has 1 amide bonds. The van der Waals surface area contributed by atoms with Crippen LogP contribution in [0, 0.1) is 0 Å². The van der Waals surface area contributed by atoms with E-state index >= 15 is 0 Å². The van der Waals surface area contributed by atoms with E-state index < -0.39 is 12.0 Å². The average molecular weight is 818 g/mol. The highest BCUT2D eigenvalue weighted by Crippen LogP contribution is 2.42. The molecule has 60 heavy (non-hydrogen) atoms. The molecule has 2 saturated heterocycles. The SMILES string of the molecule is C[C@@H](C(=O)N1CCN(c2nc(Nc3ccc(-c4c5ccc(=O)cc-5oc5cc(O)ccc45)c(C(=O)O)c3)nc(N3CCOCC3)n2)CC1)n1cc(CCCN=C(N)N)nn1. The van der Waals surface area contributed by atoms with Crippen molar-refractivity contribution in [2.75, 3.05) is 74.1 Å². The van der Waals surface area contributed by atoms with E-state index in [-0.39, 0.29) is 45.9 Å². The molecule has 3 aliphatic heterocycles. The lowest BCUT2D eigenvalue weighted by molar-refractivity contribution is -0.134. The Balaban J connectivity index is 1.03. The third kappa shape index (κ3) is 8.44. The molecule has 4 aromatic rings. The Labute approximate surface area is 342 Å². The molecule has 0 unspecified atom stereocenters. The summed E-state index contributed by atoms with van der Waals surface area (Å²) < 4.78 is 13.1. The number of aromatic hydroxyl groups is 1. The number of nitrogens with zero attached hydrogens (tertiary/aromatic N) is 10. The number of aliphatic imine (C=N–C) groups is 1. The predicted molar refractivity (Wildman–Crippen MR) is 222 cm³/mol. The van der Waals surface area contributed by atoms with Gasteiger partial charge in [0.15, 0.2) is 11.4 Å². The molecule has 7 N–H and O–H groups in total. The molecule has 20 nitrogen and oxygen atoms in total. The van der Waals surface area contributed by atoms with Gasteiger partial charge in [0.25, 0.3) is 0 Å². The number of carbonyl (C=O) groups excluding carboxylic acids is 1. The Kier molecular flexibility index (Phi) is 11.1. The lowest BCUT2D eigenvalue weighted by atomic mass is 9.90. The molecule has 1 aliphatic carbocycles. The summed E-state index contributed by atoms with van der Waals surface area (Å²) >= 11 is 0. The number of aryl methyl sites for hydroxylation is 1. The minimum atomic E-state index is -1.19. The first kappa shape index (κ1) is 39.5. The second kappa shape index (κ2) is 16.9. The predicted octanol–water partition coefficient (Wildman–Crippen LogP) is 2.44. The fourth-order valence-corrected chi connectivity index (χ4v) is 7.34. The number of piperazine rings is 1. The second-order valence-electron chi connectivity index (χ2n) is 14.5. The number of carboxylic acid groups (broad SMARTS) is 1. The number of amides is 1. The maximum atomic E-state index is 13.6. The topological polar surface area (TPSA) is 270 Å². The number of morpholine rings is 1. The van der Waals surface area contributed by atoms with Gasteiger partial charge >= 0.3 is 5.97 Å². The first-order valence-corrected chi connectivity index (χ1v) is 19.4. The number of anilines is 4. The summed E-state index contributed by atoms with van der Waals surface area (Å²) in [5.41, 5.74) is 13.4. The minimum absolute atomic E-state index is 0.0317. The van der Waals surface area contributed by atoms with Crippen molar-refractivity contribution in [2.24, 2.45) is 16.5 Å². The maximum Gasteiger partial charge on any atom is 0.336 e. The molecule has 20 heteroatoms. The molecule has 0 spiro atoms. The zero-order chi connectivity index (χ0) is 41.9. The Bertz CT molecular complexity index is 2610. The number of fused-ring (bicyclic) bond motifs is 2. The van der Waals surface area contributed by atoms with Gasteiger partial charge in [-0.2, -0.15) is 15.0 Å². The zero-order valence-corrected chi connectivity index (χ0v) is 32.7. The molecule has 0 saturated carbocycles. The molecule has 2 fully saturated rings. The molecular weight excluding hydrogens is 775 g/mol. The number of benzene rings is 3. The summed E-state index contributed by atoms with van der Waals surface area (Å²) in [4.78, 5) is 62.9. The number of hydrogen-bond acceptors (Lipinski definition) is 15. The Morgan fingerprint density at radius 1 is 0.917 bits per heavy atom. The number of nitrogens with one attached hydrogen (secondary N) is 1. The van der Waals surface area contributed by atoms with Crippen molar-refractivity contribution in [3.8, 4) is 28.2 Å². The summed E-state index contributed by atoms with van der Waals surface area (Å²) in [6, 6.07) is 13.2. The third-order valence-corrected chi connectivity index (χ3v) is 10.4. The Morgan fingerprint density at radius 2 is 1.65 bits per heavy atom. The van der Waals surface area contributed by atoms with Gasteiger partial charge in [0, 0.05) is 86.3 Å². The number of carbonyl (C=O) groups is 2. The van der Waals surface area contributed by atoms with Gasteiger partial charge in [-0.05, 0) is 61.7 Å². The van der Waals surface area contributed by atoms with E-state index in [0.29, 0.717) is 112 Å². The number of hydrogen-bond donors (Lipinski definition) is 5. The van der Waals surface area contributed by atoms with Gasteiger partial charge in [0.1, 0.15) is 23.1 Å². The average Bonchev–Trinajstić information content (AvgIpc) is 3.73. The highest BCUT2D eigenvalue weighted by Gasteiger charge is 2.29. The van der Waals surface area contributed by atoms with E-state index in [1.807, 2.05) is 9.80 Å². The van der Waals surface area contributed by atoms with Gasteiger partial charge in [0.05, 0.1) is 24.5 Å². The molecule has 310 valence electrons. The van der Waals surface area contributed by atoms with Crippen molar-refractivity contribution in [1.82, 2.24) is 34.8 Å². The highest BCUT2D eigenvalue weighted by atomic mass is 16.5. The lowest BCUT2D eigenvalue weighted by Gasteiger charge is -2.36. The summed E-state index contributed by atoms with van der Waals surface area (Å²) in [5.74, 6) is -0.000381. The number of guanidine groups is 1. The van der Waals surface area contributed by atoms with Crippen LogP contribution in [0.25, 0.3) is 33.4 Å². The normalized spacial score (nSPS) is 15.0. The second-order valence-corrected chi connectivity index (χ2v) is 14.5. The van der Waals surface area contributed by atoms with E-state index in [1.54, 1.807) is 47.0 Å². The number of nitrogens with two attached hydrogens (primary N) is 2. The molecule has 2 aromatic carbocycles. The smallest absolute Gasteiger partial charge is 0.336 e. The molecule has 2 aromatic heterocycles. The number of aromatic carboxylic acids is 1. The van der Waals surface area contributed by atoms with E-state index in [1.165, 1.54) is 30.3 Å². The molecule has 1 atom stereocenters. The minimum Gasteiger partial charge on any atom is -0.508 e. The van der Waals surface area contributed by atoms with Crippen molar-refractivity contribution in [3.63, 3.8) is 0 Å². The van der Waals surface area contributed by atoms with E-state index in [9.17, 15) is 24.6 Å². The van der Waals surface area contributed by atoms with Crippen LogP contribution in [0.5, 0.6) is 5.75 Å². The number of rotatable bonds is 12. The van der Waals surface area contributed by atoms with Crippen molar-refractivity contribution in [2.45, 2.75) is 25.8 Å². The summed E-state index contributed by atoms with van der Waals surface area (Å²) in [7, 11) is 0. The standard InChI is InChI=1S/C40H43N13O7/c1-23(53-22-25(48-49-53)3-2-10-43-37(41)42)35(56)50-11-13-51(14-12-50)39-45-38(46-40(47-39)52-15-17-59-18-16-52)44-24-4-7-28(31(19-24)36(57)58)34-29-8-5-26(54)20-32(29)60-33-21-27(55)6-9-30(33)34/h4-9,19-23,54H,2-3,10-18H2,1H3,(H,57,58)(H4,41,42,43)(H,44,45,46,47)/t23-/m0/s1. The van der Waals surface area contributed by atoms with Crippen LogP contribution in [-0.2, 0) is 16.0 Å². The zero-order valence-electron chi connectivity index (χ0n) is 32.7. The number of carboxylic acids is 1. The largest absolute Gasteiger partial charge is 0.508 e.